The molecule has 4 nitrogen and oxygen atoms in total. The topological polar surface area (TPSA) is 54.0 Å². The predicted octanol–water partition coefficient (Wildman–Crippen LogP) is 0.596. The van der Waals surface area contributed by atoms with Crippen molar-refractivity contribution in [3.63, 3.8) is 0 Å². The molecule has 1 unspecified atom stereocenters. The highest BCUT2D eigenvalue weighted by Crippen LogP contribution is 2.15. The summed E-state index contributed by atoms with van der Waals surface area (Å²) in [6.45, 7) is 4.63. The number of pyridine rings is 1. The van der Waals surface area contributed by atoms with Gasteiger partial charge in [-0.25, -0.2) is 0 Å². The molecule has 0 bridgehead atoms. The molecule has 0 radical (unpaired) electrons. The van der Waals surface area contributed by atoms with Crippen LogP contribution in [0.4, 0.5) is 0 Å². The first-order valence-corrected chi connectivity index (χ1v) is 6.14. The fourth-order valence-corrected chi connectivity index (χ4v) is 1.92. The molecule has 2 rings (SSSR count). The average Bonchev–Trinajstić information content (AvgIpc) is 2.28. The van der Waals surface area contributed by atoms with Gasteiger partial charge in [-0.15, -0.1) is 0 Å². The molecular weight excluding hydrogens is 214 g/mol. The third kappa shape index (κ3) is 3.27. The molecule has 2 heterocycles. The summed E-state index contributed by atoms with van der Waals surface area (Å²) >= 11 is 0. The van der Waals surface area contributed by atoms with E-state index in [1.807, 2.05) is 25.3 Å². The van der Waals surface area contributed by atoms with Crippen LogP contribution in [0.15, 0.2) is 24.5 Å². The van der Waals surface area contributed by atoms with Gasteiger partial charge in [0, 0.05) is 24.9 Å². The lowest BCUT2D eigenvalue weighted by atomic mass is 9.88. The van der Waals surface area contributed by atoms with E-state index in [1.165, 1.54) is 0 Å². The molecule has 17 heavy (non-hydrogen) atoms. The summed E-state index contributed by atoms with van der Waals surface area (Å²) in [4.78, 5) is 15.9. The second-order valence-electron chi connectivity index (χ2n) is 4.61. The molecule has 1 atom stereocenters. The minimum atomic E-state index is 0.116. The molecule has 0 aliphatic carbocycles. The van der Waals surface area contributed by atoms with Crippen LogP contribution in [0.1, 0.15) is 12.5 Å². The van der Waals surface area contributed by atoms with E-state index in [0.717, 1.165) is 25.1 Å². The van der Waals surface area contributed by atoms with Crippen LogP contribution in [0.3, 0.4) is 0 Å². The average molecular weight is 233 g/mol. The second kappa shape index (κ2) is 5.77. The summed E-state index contributed by atoms with van der Waals surface area (Å²) in [6, 6.07) is 3.94. The Morgan fingerprint density at radius 3 is 3.06 bits per heavy atom. The lowest BCUT2D eigenvalue weighted by molar-refractivity contribution is -0.126. The van der Waals surface area contributed by atoms with Gasteiger partial charge in [0.05, 0.1) is 0 Å². The van der Waals surface area contributed by atoms with Crippen LogP contribution in [-0.2, 0) is 11.2 Å². The zero-order valence-electron chi connectivity index (χ0n) is 10.1. The van der Waals surface area contributed by atoms with E-state index < -0.39 is 0 Å². The lowest BCUT2D eigenvalue weighted by Gasteiger charge is -2.31. The summed E-state index contributed by atoms with van der Waals surface area (Å²) < 4.78 is 0. The molecule has 0 saturated carbocycles. The molecule has 0 spiro atoms. The highest BCUT2D eigenvalue weighted by Gasteiger charge is 2.28. The van der Waals surface area contributed by atoms with Gasteiger partial charge in [-0.3, -0.25) is 9.78 Å². The molecule has 1 aromatic rings. The van der Waals surface area contributed by atoms with Crippen LogP contribution in [0.5, 0.6) is 0 Å². The number of nitrogens with zero attached hydrogens (tertiary/aromatic N) is 1. The fourth-order valence-electron chi connectivity index (χ4n) is 1.92. The summed E-state index contributed by atoms with van der Waals surface area (Å²) in [7, 11) is 0. The number of carbonyl (C=O) groups excluding carboxylic acids is 1. The predicted molar refractivity (Wildman–Crippen MR) is 66.5 cm³/mol. The van der Waals surface area contributed by atoms with E-state index in [9.17, 15) is 4.79 Å². The standard InChI is InChI=1S/C13H19N3O/c1-10(12-8-15-9-12)13(17)16-6-4-11-3-2-5-14-7-11/h2-3,5,7,10,12,15H,4,6,8-9H2,1H3,(H,16,17). The maximum atomic E-state index is 11.8. The van der Waals surface area contributed by atoms with Crippen LogP contribution in [0, 0.1) is 11.8 Å². The Balaban J connectivity index is 1.69. The minimum absolute atomic E-state index is 0.116. The van der Waals surface area contributed by atoms with Crippen molar-refractivity contribution < 1.29 is 4.79 Å². The molecular formula is C13H19N3O. The molecule has 1 aliphatic rings. The van der Waals surface area contributed by atoms with Crippen LogP contribution >= 0.6 is 0 Å². The van der Waals surface area contributed by atoms with Gasteiger partial charge in [0.1, 0.15) is 0 Å². The Bertz CT molecular complexity index is 362. The van der Waals surface area contributed by atoms with Crippen molar-refractivity contribution in [1.82, 2.24) is 15.6 Å². The number of hydrogen-bond donors (Lipinski definition) is 2. The Kier molecular flexibility index (Phi) is 4.09. The van der Waals surface area contributed by atoms with E-state index in [4.69, 9.17) is 0 Å². The zero-order valence-corrected chi connectivity index (χ0v) is 10.1. The van der Waals surface area contributed by atoms with Gasteiger partial charge in [-0.1, -0.05) is 13.0 Å². The fraction of sp³-hybridized carbons (Fsp3) is 0.538. The van der Waals surface area contributed by atoms with Crippen molar-refractivity contribution in [2.45, 2.75) is 13.3 Å². The third-order valence-corrected chi connectivity index (χ3v) is 3.37. The molecule has 2 N–H and O–H groups in total. The first-order valence-electron chi connectivity index (χ1n) is 6.14. The van der Waals surface area contributed by atoms with Gasteiger partial charge < -0.3 is 10.6 Å². The molecule has 1 aliphatic heterocycles. The van der Waals surface area contributed by atoms with Crippen molar-refractivity contribution in [3.05, 3.63) is 30.1 Å². The summed E-state index contributed by atoms with van der Waals surface area (Å²) in [6.07, 6.45) is 4.44. The summed E-state index contributed by atoms with van der Waals surface area (Å²) in [5.74, 6) is 0.791. The maximum Gasteiger partial charge on any atom is 0.223 e. The van der Waals surface area contributed by atoms with Crippen LogP contribution in [-0.4, -0.2) is 30.5 Å². The highest BCUT2D eigenvalue weighted by atomic mass is 16.1. The Labute approximate surface area is 102 Å². The smallest absolute Gasteiger partial charge is 0.223 e. The summed E-state index contributed by atoms with van der Waals surface area (Å²) in [5, 5.41) is 6.18. The normalized spacial score (nSPS) is 17.2. The van der Waals surface area contributed by atoms with Crippen molar-refractivity contribution >= 4 is 5.91 Å². The SMILES string of the molecule is CC(C(=O)NCCc1cccnc1)C1CNC1. The second-order valence-corrected chi connectivity index (χ2v) is 4.61. The molecule has 1 amide bonds. The van der Waals surface area contributed by atoms with Crippen LogP contribution < -0.4 is 10.6 Å². The number of rotatable bonds is 5. The first kappa shape index (κ1) is 12.0. The van der Waals surface area contributed by atoms with E-state index in [-0.39, 0.29) is 11.8 Å². The van der Waals surface area contributed by atoms with Gasteiger partial charge in [0.25, 0.3) is 0 Å². The maximum absolute atomic E-state index is 11.8. The number of nitrogens with one attached hydrogen (secondary N) is 2. The van der Waals surface area contributed by atoms with Crippen molar-refractivity contribution in [3.8, 4) is 0 Å². The van der Waals surface area contributed by atoms with E-state index in [1.54, 1.807) is 6.20 Å². The van der Waals surface area contributed by atoms with Gasteiger partial charge in [0.15, 0.2) is 0 Å². The van der Waals surface area contributed by atoms with Crippen LogP contribution in [0.2, 0.25) is 0 Å². The Hall–Kier alpha value is -1.42. The monoisotopic (exact) mass is 233 g/mol. The molecule has 1 saturated heterocycles. The number of hydrogen-bond acceptors (Lipinski definition) is 3. The third-order valence-electron chi connectivity index (χ3n) is 3.37. The molecule has 4 heteroatoms. The summed E-state index contributed by atoms with van der Waals surface area (Å²) in [5.41, 5.74) is 1.16. The van der Waals surface area contributed by atoms with E-state index in [2.05, 4.69) is 15.6 Å². The van der Waals surface area contributed by atoms with Gasteiger partial charge in [-0.05, 0) is 37.1 Å². The quantitative estimate of drug-likeness (QED) is 0.783. The Morgan fingerprint density at radius 2 is 2.47 bits per heavy atom. The zero-order chi connectivity index (χ0) is 12.1. The van der Waals surface area contributed by atoms with Crippen molar-refractivity contribution in [2.24, 2.45) is 11.8 Å². The molecule has 1 aromatic heterocycles. The largest absolute Gasteiger partial charge is 0.356 e. The number of carbonyl (C=O) groups is 1. The van der Waals surface area contributed by atoms with Crippen molar-refractivity contribution in [1.29, 1.82) is 0 Å². The molecule has 0 aromatic carbocycles. The highest BCUT2D eigenvalue weighted by molar-refractivity contribution is 5.78. The van der Waals surface area contributed by atoms with Gasteiger partial charge >= 0.3 is 0 Å². The lowest BCUT2D eigenvalue weighted by Crippen LogP contribution is -2.49. The number of aromatic nitrogens is 1. The van der Waals surface area contributed by atoms with Crippen molar-refractivity contribution in [2.75, 3.05) is 19.6 Å². The Morgan fingerprint density at radius 1 is 1.65 bits per heavy atom. The van der Waals surface area contributed by atoms with Crippen LogP contribution in [0.25, 0.3) is 0 Å². The van der Waals surface area contributed by atoms with E-state index in [0.29, 0.717) is 12.5 Å². The molecule has 1 fully saturated rings. The number of amides is 1. The van der Waals surface area contributed by atoms with E-state index >= 15 is 0 Å². The minimum Gasteiger partial charge on any atom is -0.356 e. The van der Waals surface area contributed by atoms with Gasteiger partial charge in [-0.2, -0.15) is 0 Å². The first-order chi connectivity index (χ1) is 8.27. The van der Waals surface area contributed by atoms with Gasteiger partial charge in [0.2, 0.25) is 5.91 Å². The molecule has 92 valence electrons.